The normalized spacial score (nSPS) is 14.1. The number of carboxylic acids is 1. The van der Waals surface area contributed by atoms with E-state index in [1.165, 1.54) is 0 Å². The molecule has 0 radical (unpaired) electrons. The second-order valence-electron chi connectivity index (χ2n) is 11.3. The number of carboxylic acid groups (broad SMARTS) is 1. The highest BCUT2D eigenvalue weighted by molar-refractivity contribution is 7.98. The molecule has 7 rings (SSSR count). The fourth-order valence-corrected chi connectivity index (χ4v) is 8.45. The molecule has 6 aromatic rings. The number of aryl methyl sites for hydroxylation is 3. The Morgan fingerprint density at radius 2 is 1.78 bits per heavy atom. The number of halogens is 1. The fraction of sp³-hybridized carbons (Fsp3) is 0.265. The van der Waals surface area contributed by atoms with Crippen LogP contribution in [-0.2, 0) is 44.8 Å². The Bertz CT molecular complexity index is 2130. The lowest BCUT2D eigenvalue weighted by atomic mass is 9.99. The van der Waals surface area contributed by atoms with Crippen molar-refractivity contribution >= 4 is 62.8 Å². The number of nitrogens with zero attached hydrogens (tertiary/aromatic N) is 5. The molecule has 3 aromatic heterocycles. The Labute approximate surface area is 274 Å². The molecular formula is C34H32ClN5O3S2. The minimum absolute atomic E-state index is 0.236. The molecule has 45 heavy (non-hydrogen) atoms. The van der Waals surface area contributed by atoms with Gasteiger partial charge in [-0.25, -0.2) is 4.79 Å². The fourth-order valence-electron chi connectivity index (χ4n) is 6.37. The molecule has 1 N–H and O–H groups in total. The summed E-state index contributed by atoms with van der Waals surface area (Å²) >= 11 is 10.5. The largest absolute Gasteiger partial charge is 0.493 e. The zero-order valence-corrected chi connectivity index (χ0v) is 27.8. The Morgan fingerprint density at radius 3 is 2.60 bits per heavy atom. The zero-order chi connectivity index (χ0) is 31.4. The van der Waals surface area contributed by atoms with Gasteiger partial charge in [-0.05, 0) is 42.1 Å². The summed E-state index contributed by atoms with van der Waals surface area (Å²) in [7, 11) is 5.73. The van der Waals surface area contributed by atoms with Gasteiger partial charge in [0.2, 0.25) is 0 Å². The minimum Gasteiger partial charge on any atom is -0.493 e. The molecule has 0 fully saturated rings. The summed E-state index contributed by atoms with van der Waals surface area (Å²) < 4.78 is 12.1. The predicted octanol–water partition coefficient (Wildman–Crippen LogP) is 7.79. The SMILES string of the molecule is Cc1c2c(nn1C)CSCc1cc(n(C)n1)CSc1cc(c3ccccc3c1)OCCc1c(C(=O)O)n(C)c3c-2c(Cl)ccc13. The highest BCUT2D eigenvalue weighted by Gasteiger charge is 2.27. The van der Waals surface area contributed by atoms with Crippen molar-refractivity contribution in [3.05, 3.63) is 93.7 Å². The molecule has 0 amide bonds. The van der Waals surface area contributed by atoms with E-state index in [0.717, 1.165) is 83.3 Å². The monoisotopic (exact) mass is 657 g/mol. The number of fused-ring (bicyclic) bond motifs is 8. The van der Waals surface area contributed by atoms with Gasteiger partial charge >= 0.3 is 5.97 Å². The first kappa shape index (κ1) is 29.8. The molecule has 0 unspecified atom stereocenters. The van der Waals surface area contributed by atoms with Crippen molar-refractivity contribution in [2.45, 2.75) is 35.5 Å². The quantitative estimate of drug-likeness (QED) is 0.193. The maximum absolute atomic E-state index is 12.7. The first-order valence-electron chi connectivity index (χ1n) is 14.6. The maximum Gasteiger partial charge on any atom is 0.352 e. The summed E-state index contributed by atoms with van der Waals surface area (Å²) in [6.07, 6.45) is 0.415. The molecule has 0 saturated carbocycles. The highest BCUT2D eigenvalue weighted by Crippen LogP contribution is 2.43. The van der Waals surface area contributed by atoms with Crippen LogP contribution in [-0.4, -0.2) is 41.8 Å². The number of rotatable bonds is 1. The average molecular weight is 658 g/mol. The Hall–Kier alpha value is -3.86. The molecule has 8 bridgehead atoms. The second kappa shape index (κ2) is 11.8. The van der Waals surface area contributed by atoms with Gasteiger partial charge < -0.3 is 14.4 Å². The van der Waals surface area contributed by atoms with Crippen LogP contribution in [0.5, 0.6) is 5.75 Å². The summed E-state index contributed by atoms with van der Waals surface area (Å²) in [5, 5.41) is 23.6. The van der Waals surface area contributed by atoms with E-state index in [9.17, 15) is 9.90 Å². The van der Waals surface area contributed by atoms with E-state index >= 15 is 0 Å². The van der Waals surface area contributed by atoms with Gasteiger partial charge in [0.05, 0.1) is 28.5 Å². The lowest BCUT2D eigenvalue weighted by Gasteiger charge is -2.13. The van der Waals surface area contributed by atoms with E-state index in [0.29, 0.717) is 23.8 Å². The van der Waals surface area contributed by atoms with Gasteiger partial charge in [-0.15, -0.1) is 23.5 Å². The highest BCUT2D eigenvalue weighted by atomic mass is 35.5. The van der Waals surface area contributed by atoms with E-state index < -0.39 is 5.97 Å². The molecule has 230 valence electrons. The van der Waals surface area contributed by atoms with Crippen LogP contribution in [0.25, 0.3) is 32.8 Å². The van der Waals surface area contributed by atoms with E-state index in [2.05, 4.69) is 30.3 Å². The van der Waals surface area contributed by atoms with Gasteiger partial charge in [-0.3, -0.25) is 9.36 Å². The van der Waals surface area contributed by atoms with Crippen molar-refractivity contribution in [1.29, 1.82) is 0 Å². The van der Waals surface area contributed by atoms with Gasteiger partial charge in [-0.2, -0.15) is 10.2 Å². The standard InChI is InChI=1S/C34H32ClN5O3S2/c1-19-30-28(37-39(19)3)18-44-16-21-14-22(40(4)36-21)17-45-23-13-20-7-5-6-8-24(20)29(15-23)43-12-11-26-25-9-10-27(35)31(30)32(25)38(2)33(26)34(41)42/h5-10,13-15H,11-12,16-18H2,1-4H3,(H,41,42). The number of thioether (sulfide) groups is 2. The maximum atomic E-state index is 12.7. The number of aromatic nitrogens is 5. The van der Waals surface area contributed by atoms with Crippen LogP contribution in [0.4, 0.5) is 0 Å². The number of ether oxygens (including phenoxy) is 1. The van der Waals surface area contributed by atoms with Crippen molar-refractivity contribution in [1.82, 2.24) is 24.1 Å². The third-order valence-electron chi connectivity index (χ3n) is 8.58. The average Bonchev–Trinajstić information content (AvgIpc) is 3.61. The number of hydrogen-bond acceptors (Lipinski definition) is 6. The van der Waals surface area contributed by atoms with Gasteiger partial charge in [0.25, 0.3) is 0 Å². The van der Waals surface area contributed by atoms with Crippen LogP contribution >= 0.6 is 35.1 Å². The van der Waals surface area contributed by atoms with Crippen LogP contribution in [0.1, 0.15) is 38.8 Å². The van der Waals surface area contributed by atoms with Crippen LogP contribution in [0.15, 0.2) is 59.5 Å². The smallest absolute Gasteiger partial charge is 0.352 e. The van der Waals surface area contributed by atoms with Gasteiger partial charge in [0.15, 0.2) is 0 Å². The van der Waals surface area contributed by atoms with E-state index in [1.807, 2.05) is 54.6 Å². The summed E-state index contributed by atoms with van der Waals surface area (Å²) in [6.45, 7) is 2.34. The molecule has 0 atom stereocenters. The molecule has 0 aliphatic carbocycles. The molecule has 1 aliphatic heterocycles. The number of hydrogen-bond donors (Lipinski definition) is 1. The lowest BCUT2D eigenvalue weighted by molar-refractivity contribution is 0.0685. The molecule has 8 nitrogen and oxygen atoms in total. The van der Waals surface area contributed by atoms with Crippen LogP contribution in [0.2, 0.25) is 5.02 Å². The Kier molecular flexibility index (Phi) is 7.83. The molecule has 4 heterocycles. The lowest BCUT2D eigenvalue weighted by Crippen LogP contribution is -2.10. The predicted molar refractivity (Wildman–Crippen MR) is 183 cm³/mol. The molecular weight excluding hydrogens is 626 g/mol. The van der Waals surface area contributed by atoms with Crippen LogP contribution in [0, 0.1) is 6.92 Å². The third-order valence-corrected chi connectivity index (χ3v) is 10.9. The van der Waals surface area contributed by atoms with E-state index in [-0.39, 0.29) is 5.69 Å². The number of carbonyl (C=O) groups is 1. The third kappa shape index (κ3) is 5.28. The first-order chi connectivity index (χ1) is 21.7. The van der Waals surface area contributed by atoms with Gasteiger partial charge in [0.1, 0.15) is 11.4 Å². The summed E-state index contributed by atoms with van der Waals surface area (Å²) in [4.78, 5) is 13.8. The summed E-state index contributed by atoms with van der Waals surface area (Å²) in [6, 6.07) is 18.5. The topological polar surface area (TPSA) is 87.1 Å². The Balaban J connectivity index is 1.41. The zero-order valence-electron chi connectivity index (χ0n) is 25.4. The van der Waals surface area contributed by atoms with E-state index in [4.69, 9.17) is 26.5 Å². The molecule has 1 aliphatic rings. The minimum atomic E-state index is -0.985. The van der Waals surface area contributed by atoms with Crippen LogP contribution < -0.4 is 4.74 Å². The van der Waals surface area contributed by atoms with Crippen molar-refractivity contribution in [3.8, 4) is 16.9 Å². The van der Waals surface area contributed by atoms with Crippen molar-refractivity contribution < 1.29 is 14.6 Å². The van der Waals surface area contributed by atoms with Crippen molar-refractivity contribution in [2.75, 3.05) is 6.61 Å². The molecule has 0 spiro atoms. The second-order valence-corrected chi connectivity index (χ2v) is 13.8. The number of aromatic carboxylic acids is 1. The van der Waals surface area contributed by atoms with Crippen LogP contribution in [0.3, 0.4) is 0 Å². The van der Waals surface area contributed by atoms with Gasteiger partial charge in [0, 0.05) is 83.0 Å². The summed E-state index contributed by atoms with van der Waals surface area (Å²) in [5.74, 6) is 1.95. The molecule has 3 aromatic carbocycles. The molecule has 0 saturated heterocycles. The van der Waals surface area contributed by atoms with Crippen molar-refractivity contribution in [2.24, 2.45) is 21.1 Å². The first-order valence-corrected chi connectivity index (χ1v) is 17.2. The van der Waals surface area contributed by atoms with E-state index in [1.54, 1.807) is 35.1 Å². The Morgan fingerprint density at radius 1 is 0.956 bits per heavy atom. The molecule has 11 heteroatoms. The number of benzene rings is 3. The summed E-state index contributed by atoms with van der Waals surface area (Å²) in [5.41, 5.74) is 7.53. The van der Waals surface area contributed by atoms with Gasteiger partial charge in [-0.1, -0.05) is 41.9 Å². The van der Waals surface area contributed by atoms with Crippen molar-refractivity contribution in [3.63, 3.8) is 0 Å².